The van der Waals surface area contributed by atoms with Crippen molar-refractivity contribution < 1.29 is 18.0 Å². The van der Waals surface area contributed by atoms with Gasteiger partial charge in [-0.2, -0.15) is 23.4 Å². The fraction of sp³-hybridized carbons (Fsp3) is 0.435. The van der Waals surface area contributed by atoms with Gasteiger partial charge >= 0.3 is 6.18 Å². The van der Waals surface area contributed by atoms with Gasteiger partial charge in [-0.25, -0.2) is 0 Å². The lowest BCUT2D eigenvalue weighted by Crippen LogP contribution is -2.17. The fourth-order valence-electron chi connectivity index (χ4n) is 3.94. The quantitative estimate of drug-likeness (QED) is 0.477. The van der Waals surface area contributed by atoms with Gasteiger partial charge in [-0.05, 0) is 44.7 Å². The topological polar surface area (TPSA) is 64.7 Å². The third-order valence-corrected chi connectivity index (χ3v) is 6.31. The molecule has 176 valence electrons. The van der Waals surface area contributed by atoms with Crippen LogP contribution in [0.2, 0.25) is 5.02 Å². The van der Waals surface area contributed by atoms with Gasteiger partial charge in [0, 0.05) is 12.3 Å². The molecule has 0 aliphatic heterocycles. The molecule has 0 unspecified atom stereocenters. The number of carbonyl (C=O) groups is 1. The van der Waals surface area contributed by atoms with Crippen molar-refractivity contribution in [2.45, 2.75) is 65.2 Å². The average Bonchev–Trinajstić information content (AvgIpc) is 3.47. The van der Waals surface area contributed by atoms with Crippen molar-refractivity contribution in [2.75, 3.05) is 5.32 Å². The summed E-state index contributed by atoms with van der Waals surface area (Å²) in [6.45, 7) is 6.31. The van der Waals surface area contributed by atoms with Crippen LogP contribution in [0.1, 0.15) is 59.1 Å². The Bertz CT molecular complexity index is 1190. The Morgan fingerprint density at radius 2 is 1.85 bits per heavy atom. The lowest BCUT2D eigenvalue weighted by molar-refractivity contribution is -0.141. The first-order valence-corrected chi connectivity index (χ1v) is 11.2. The third-order valence-electron chi connectivity index (χ3n) is 5.94. The lowest BCUT2D eigenvalue weighted by atomic mass is 10.1. The van der Waals surface area contributed by atoms with Crippen molar-refractivity contribution >= 4 is 23.2 Å². The maximum atomic E-state index is 13.2. The molecule has 4 rings (SSSR count). The van der Waals surface area contributed by atoms with Gasteiger partial charge in [0.1, 0.15) is 0 Å². The standard InChI is InChI=1S/C23H25ClF3N5O/c1-13-6-4-5-7-17(13)12-32-15(3)20(14(2)29-32)28-18(33)10-11-31-21(16-8-9-16)19(24)22(30-31)23(25,26)27/h4-7,16H,8-12H2,1-3H3,(H,28,33). The predicted molar refractivity (Wildman–Crippen MR) is 119 cm³/mol. The molecular weight excluding hydrogens is 455 g/mol. The first-order chi connectivity index (χ1) is 15.6. The van der Waals surface area contributed by atoms with E-state index in [0.717, 1.165) is 29.7 Å². The Morgan fingerprint density at radius 3 is 2.48 bits per heavy atom. The number of anilines is 1. The van der Waals surface area contributed by atoms with Crippen LogP contribution in [0.3, 0.4) is 0 Å². The van der Waals surface area contributed by atoms with Crippen molar-refractivity contribution in [1.82, 2.24) is 19.6 Å². The minimum absolute atomic E-state index is 0.0168. The number of hydrogen-bond acceptors (Lipinski definition) is 3. The van der Waals surface area contributed by atoms with Crippen LogP contribution in [-0.2, 0) is 24.1 Å². The summed E-state index contributed by atoms with van der Waals surface area (Å²) in [5.74, 6) is -0.355. The minimum Gasteiger partial charge on any atom is -0.323 e. The van der Waals surface area contributed by atoms with E-state index >= 15 is 0 Å². The van der Waals surface area contributed by atoms with Crippen molar-refractivity contribution in [3.63, 3.8) is 0 Å². The van der Waals surface area contributed by atoms with Gasteiger partial charge in [0.25, 0.3) is 0 Å². The number of aryl methyl sites for hydroxylation is 3. The maximum absolute atomic E-state index is 13.2. The summed E-state index contributed by atoms with van der Waals surface area (Å²) >= 11 is 6.00. The highest BCUT2D eigenvalue weighted by Crippen LogP contribution is 2.46. The van der Waals surface area contributed by atoms with Crippen LogP contribution in [0, 0.1) is 20.8 Å². The number of nitrogens with zero attached hydrogens (tertiary/aromatic N) is 4. The van der Waals surface area contributed by atoms with Gasteiger partial charge in [-0.1, -0.05) is 35.9 Å². The Balaban J connectivity index is 1.46. The van der Waals surface area contributed by atoms with E-state index in [1.807, 2.05) is 49.7 Å². The first kappa shape index (κ1) is 23.4. The molecule has 1 aromatic carbocycles. The van der Waals surface area contributed by atoms with Gasteiger partial charge in [-0.15, -0.1) is 0 Å². The van der Waals surface area contributed by atoms with Crippen LogP contribution in [0.25, 0.3) is 0 Å². The molecule has 0 spiro atoms. The molecule has 0 radical (unpaired) electrons. The Hall–Kier alpha value is -2.81. The summed E-state index contributed by atoms with van der Waals surface area (Å²) in [7, 11) is 0. The molecule has 1 N–H and O–H groups in total. The highest BCUT2D eigenvalue weighted by Gasteiger charge is 2.42. The minimum atomic E-state index is -4.63. The molecular formula is C23H25ClF3N5O. The summed E-state index contributed by atoms with van der Waals surface area (Å²) in [6, 6.07) is 8.01. The molecule has 6 nitrogen and oxygen atoms in total. The summed E-state index contributed by atoms with van der Waals surface area (Å²) in [5.41, 5.74) is 3.66. The monoisotopic (exact) mass is 479 g/mol. The molecule has 10 heteroatoms. The predicted octanol–water partition coefficient (Wildman–Crippen LogP) is 5.63. The van der Waals surface area contributed by atoms with E-state index in [0.29, 0.717) is 23.6 Å². The fourth-order valence-corrected chi connectivity index (χ4v) is 4.34. The van der Waals surface area contributed by atoms with E-state index in [2.05, 4.69) is 15.5 Å². The molecule has 1 amide bonds. The molecule has 33 heavy (non-hydrogen) atoms. The number of aromatic nitrogens is 4. The summed E-state index contributed by atoms with van der Waals surface area (Å²) in [5, 5.41) is 10.7. The largest absolute Gasteiger partial charge is 0.436 e. The van der Waals surface area contributed by atoms with E-state index < -0.39 is 11.9 Å². The molecule has 0 saturated heterocycles. The van der Waals surface area contributed by atoms with Crippen molar-refractivity contribution in [1.29, 1.82) is 0 Å². The highest BCUT2D eigenvalue weighted by molar-refractivity contribution is 6.32. The zero-order chi connectivity index (χ0) is 23.9. The summed E-state index contributed by atoms with van der Waals surface area (Å²) in [6.07, 6.45) is -3.12. The van der Waals surface area contributed by atoms with Crippen molar-refractivity contribution in [2.24, 2.45) is 0 Å². The first-order valence-electron chi connectivity index (χ1n) is 10.8. The van der Waals surface area contributed by atoms with Gasteiger partial charge < -0.3 is 5.32 Å². The molecule has 1 aliphatic rings. The van der Waals surface area contributed by atoms with Crippen molar-refractivity contribution in [3.05, 3.63) is 63.2 Å². The number of alkyl halides is 3. The molecule has 0 atom stereocenters. The van der Waals surface area contributed by atoms with Crippen LogP contribution in [0.5, 0.6) is 0 Å². The van der Waals surface area contributed by atoms with E-state index in [1.165, 1.54) is 4.68 Å². The summed E-state index contributed by atoms with van der Waals surface area (Å²) in [4.78, 5) is 12.7. The number of rotatable bonds is 7. The summed E-state index contributed by atoms with van der Waals surface area (Å²) < 4.78 is 42.8. The number of amides is 1. The van der Waals surface area contributed by atoms with E-state index in [4.69, 9.17) is 11.6 Å². The van der Waals surface area contributed by atoms with Gasteiger partial charge in [0.05, 0.1) is 40.9 Å². The molecule has 0 bridgehead atoms. The number of hydrogen-bond donors (Lipinski definition) is 1. The van der Waals surface area contributed by atoms with E-state index in [1.54, 1.807) is 0 Å². The number of benzene rings is 1. The molecule has 1 aliphatic carbocycles. The molecule has 2 aromatic heterocycles. The second kappa shape index (κ2) is 8.85. The highest BCUT2D eigenvalue weighted by atomic mass is 35.5. The molecule has 3 aromatic rings. The Labute approximate surface area is 194 Å². The van der Waals surface area contributed by atoms with Crippen LogP contribution >= 0.6 is 11.6 Å². The maximum Gasteiger partial charge on any atom is 0.436 e. The zero-order valence-corrected chi connectivity index (χ0v) is 19.4. The van der Waals surface area contributed by atoms with Crippen LogP contribution in [0.15, 0.2) is 24.3 Å². The second-order valence-corrected chi connectivity index (χ2v) is 8.85. The third kappa shape index (κ3) is 4.93. The Kier molecular flexibility index (Phi) is 6.26. The number of carbonyl (C=O) groups excluding carboxylic acids is 1. The molecule has 1 saturated carbocycles. The Morgan fingerprint density at radius 1 is 1.15 bits per heavy atom. The molecule has 2 heterocycles. The lowest BCUT2D eigenvalue weighted by Gasteiger charge is -2.10. The smallest absolute Gasteiger partial charge is 0.323 e. The number of nitrogens with one attached hydrogen (secondary N) is 1. The SMILES string of the molecule is Cc1ccccc1Cn1nc(C)c(NC(=O)CCn2nc(C(F)(F)F)c(Cl)c2C2CC2)c1C. The van der Waals surface area contributed by atoms with Crippen LogP contribution in [0.4, 0.5) is 18.9 Å². The second-order valence-electron chi connectivity index (χ2n) is 8.47. The zero-order valence-electron chi connectivity index (χ0n) is 18.6. The van der Waals surface area contributed by atoms with Gasteiger partial charge in [0.2, 0.25) is 5.91 Å². The average molecular weight is 480 g/mol. The number of halogens is 4. The van der Waals surface area contributed by atoms with Gasteiger partial charge in [-0.3, -0.25) is 14.2 Å². The van der Waals surface area contributed by atoms with Gasteiger partial charge in [0.15, 0.2) is 5.69 Å². The van der Waals surface area contributed by atoms with Crippen LogP contribution < -0.4 is 5.32 Å². The molecule has 1 fully saturated rings. The normalized spacial score (nSPS) is 14.0. The van der Waals surface area contributed by atoms with Crippen LogP contribution in [-0.4, -0.2) is 25.5 Å². The van der Waals surface area contributed by atoms with E-state index in [-0.39, 0.29) is 29.8 Å². The van der Waals surface area contributed by atoms with Crippen molar-refractivity contribution in [3.8, 4) is 0 Å². The van der Waals surface area contributed by atoms with E-state index in [9.17, 15) is 18.0 Å².